The number of aromatic nitrogens is 4. The Bertz CT molecular complexity index is 1300. The van der Waals surface area contributed by atoms with Crippen molar-refractivity contribution in [2.24, 2.45) is 12.8 Å². The minimum Gasteiger partial charge on any atom is -0.371 e. The van der Waals surface area contributed by atoms with Crippen LogP contribution in [0.1, 0.15) is 0 Å². The Labute approximate surface area is 159 Å². The maximum absolute atomic E-state index is 14.1. The number of primary amides is 1. The summed E-state index contributed by atoms with van der Waals surface area (Å²) < 4.78 is 17.5. The molecule has 1 amide bonds. The number of hydrogen-bond donors (Lipinski definition) is 2. The van der Waals surface area contributed by atoms with Crippen molar-refractivity contribution in [3.63, 3.8) is 0 Å². The van der Waals surface area contributed by atoms with Gasteiger partial charge in [-0.2, -0.15) is 0 Å². The summed E-state index contributed by atoms with van der Waals surface area (Å²) in [6.07, 6.45) is 1.68. The molecule has 0 atom stereocenters. The van der Waals surface area contributed by atoms with Crippen LogP contribution in [0.15, 0.2) is 30.6 Å². The highest BCUT2D eigenvalue weighted by molar-refractivity contribution is 6.08. The molecule has 0 radical (unpaired) electrons. The molecule has 8 nitrogen and oxygen atoms in total. The van der Waals surface area contributed by atoms with E-state index in [2.05, 4.69) is 20.1 Å². The zero-order chi connectivity index (χ0) is 20.0. The largest absolute Gasteiger partial charge is 0.371 e. The Hall–Kier alpha value is -3.93. The van der Waals surface area contributed by atoms with Crippen LogP contribution in [0.3, 0.4) is 0 Å². The highest BCUT2D eigenvalue weighted by Gasteiger charge is 2.20. The molecule has 0 aliphatic heterocycles. The fourth-order valence-electron chi connectivity index (χ4n) is 3.43. The second-order valence-corrected chi connectivity index (χ2v) is 6.39. The number of carbonyl (C=O) groups excluding carboxylic acids is 1. The molecule has 0 bridgehead atoms. The minimum atomic E-state index is -0.557. The number of imidazole rings is 1. The fraction of sp³-hybridized carbons (Fsp3) is 0.158. The van der Waals surface area contributed by atoms with Crippen molar-refractivity contribution < 1.29 is 9.18 Å². The third-order valence-corrected chi connectivity index (χ3v) is 4.56. The number of halogens is 1. The van der Waals surface area contributed by atoms with Gasteiger partial charge in [0.25, 0.3) is 0 Å². The number of hydrogen-bond acceptors (Lipinski definition) is 4. The molecule has 9 heteroatoms. The van der Waals surface area contributed by atoms with Crippen LogP contribution < -0.4 is 11.1 Å². The van der Waals surface area contributed by atoms with E-state index in [1.165, 1.54) is 6.07 Å². The van der Waals surface area contributed by atoms with Crippen LogP contribution in [0.4, 0.5) is 15.9 Å². The van der Waals surface area contributed by atoms with Gasteiger partial charge in [0.05, 0.1) is 18.4 Å². The van der Waals surface area contributed by atoms with E-state index < -0.39 is 11.7 Å². The maximum Gasteiger partial charge on any atom is 0.237 e. The quantitative estimate of drug-likeness (QED) is 0.535. The van der Waals surface area contributed by atoms with Gasteiger partial charge in [-0.15, -0.1) is 0 Å². The number of nitrogens with zero attached hydrogens (tertiary/aromatic N) is 5. The molecule has 1 aromatic carbocycles. The summed E-state index contributed by atoms with van der Waals surface area (Å²) in [7, 11) is 3.59. The molecule has 0 spiro atoms. The number of fused-ring (bicyclic) bond motifs is 3. The smallest absolute Gasteiger partial charge is 0.237 e. The molecule has 3 heterocycles. The normalized spacial score (nSPS) is 11.1. The summed E-state index contributed by atoms with van der Waals surface area (Å²) in [5, 5.41) is 3.77. The predicted octanol–water partition coefficient (Wildman–Crippen LogP) is 2.81. The first-order valence-electron chi connectivity index (χ1n) is 8.41. The standard InChI is InChI=1S/C19H16FN7O/c1-22-12-5-10(4-11(20)6-12)14-7-13-17-16(24-9-26(17)3)18(23-2)25-19(13)27(14)8-15(21)28/h4-7,9H,8H2,2-3H3,(H2,21,28)(H,23,25). The van der Waals surface area contributed by atoms with Gasteiger partial charge in [0.15, 0.2) is 11.5 Å². The van der Waals surface area contributed by atoms with Crippen LogP contribution >= 0.6 is 0 Å². The molecule has 0 fully saturated rings. The Morgan fingerprint density at radius 1 is 1.36 bits per heavy atom. The van der Waals surface area contributed by atoms with Gasteiger partial charge in [-0.25, -0.2) is 19.2 Å². The van der Waals surface area contributed by atoms with Gasteiger partial charge in [0, 0.05) is 25.2 Å². The Morgan fingerprint density at radius 2 is 2.14 bits per heavy atom. The number of nitrogens with two attached hydrogens (primary N) is 1. The van der Waals surface area contributed by atoms with Gasteiger partial charge in [-0.3, -0.25) is 4.79 Å². The molecular formula is C19H16FN7O. The number of rotatable bonds is 4. The second-order valence-electron chi connectivity index (χ2n) is 6.39. The monoisotopic (exact) mass is 377 g/mol. The van der Waals surface area contributed by atoms with E-state index in [1.54, 1.807) is 24.0 Å². The van der Waals surface area contributed by atoms with E-state index in [0.717, 1.165) is 17.0 Å². The van der Waals surface area contributed by atoms with Crippen LogP contribution in [-0.2, 0) is 18.4 Å². The fourth-order valence-corrected chi connectivity index (χ4v) is 3.43. The van der Waals surface area contributed by atoms with Gasteiger partial charge in [-0.1, -0.05) is 0 Å². The number of amides is 1. The van der Waals surface area contributed by atoms with Gasteiger partial charge >= 0.3 is 0 Å². The molecule has 0 saturated heterocycles. The molecule has 0 aliphatic carbocycles. The van der Waals surface area contributed by atoms with Crippen LogP contribution in [0.2, 0.25) is 0 Å². The van der Waals surface area contributed by atoms with Gasteiger partial charge in [-0.05, 0) is 29.8 Å². The molecule has 4 aromatic rings. The lowest BCUT2D eigenvalue weighted by Gasteiger charge is -2.10. The number of anilines is 1. The Balaban J connectivity index is 2.13. The van der Waals surface area contributed by atoms with E-state index in [0.29, 0.717) is 28.2 Å². The first-order valence-corrected chi connectivity index (χ1v) is 8.41. The molecule has 3 N–H and O–H groups in total. The molecule has 3 aromatic heterocycles. The van der Waals surface area contributed by atoms with Gasteiger partial charge in [0.2, 0.25) is 5.91 Å². The van der Waals surface area contributed by atoms with E-state index in [4.69, 9.17) is 12.3 Å². The van der Waals surface area contributed by atoms with E-state index >= 15 is 0 Å². The lowest BCUT2D eigenvalue weighted by molar-refractivity contribution is -0.118. The highest BCUT2D eigenvalue weighted by atomic mass is 19.1. The third-order valence-electron chi connectivity index (χ3n) is 4.56. The highest BCUT2D eigenvalue weighted by Crippen LogP contribution is 2.35. The van der Waals surface area contributed by atoms with E-state index in [1.807, 2.05) is 17.7 Å². The SMILES string of the molecule is [C-]#[N+]c1cc(F)cc(-c2cc3c4c(ncn4C)c(NC)nc3n2CC(N)=O)c1. The second kappa shape index (κ2) is 6.35. The minimum absolute atomic E-state index is 0.137. The van der Waals surface area contributed by atoms with Crippen LogP contribution in [0.5, 0.6) is 0 Å². The third kappa shape index (κ3) is 2.63. The molecule has 0 saturated carbocycles. The number of benzene rings is 1. The summed E-state index contributed by atoms with van der Waals surface area (Å²) in [4.78, 5) is 24.1. The average Bonchev–Trinajstić information content (AvgIpc) is 3.21. The lowest BCUT2D eigenvalue weighted by Crippen LogP contribution is -2.19. The van der Waals surface area contributed by atoms with Crippen LogP contribution in [0.25, 0.3) is 38.2 Å². The first kappa shape index (κ1) is 17.5. The summed E-state index contributed by atoms with van der Waals surface area (Å²) in [5.41, 5.74) is 8.65. The van der Waals surface area contributed by atoms with Gasteiger partial charge < -0.3 is 20.2 Å². The average molecular weight is 377 g/mol. The van der Waals surface area contributed by atoms with Crippen molar-refractivity contribution in [1.29, 1.82) is 0 Å². The van der Waals surface area contributed by atoms with E-state index in [-0.39, 0.29) is 12.2 Å². The van der Waals surface area contributed by atoms with Crippen molar-refractivity contribution in [3.8, 4) is 11.3 Å². The molecule has 28 heavy (non-hydrogen) atoms. The molecule has 140 valence electrons. The van der Waals surface area contributed by atoms with Crippen molar-refractivity contribution in [2.45, 2.75) is 6.54 Å². The van der Waals surface area contributed by atoms with Crippen molar-refractivity contribution in [1.82, 2.24) is 19.1 Å². The number of pyridine rings is 1. The number of aryl methyl sites for hydroxylation is 1. The van der Waals surface area contributed by atoms with E-state index in [9.17, 15) is 9.18 Å². The summed E-state index contributed by atoms with van der Waals surface area (Å²) >= 11 is 0. The number of nitrogens with one attached hydrogen (secondary N) is 1. The summed E-state index contributed by atoms with van der Waals surface area (Å²) in [6, 6.07) is 5.87. The zero-order valence-electron chi connectivity index (χ0n) is 15.2. The zero-order valence-corrected chi connectivity index (χ0v) is 15.2. The van der Waals surface area contributed by atoms with Crippen LogP contribution in [-0.4, -0.2) is 32.1 Å². The lowest BCUT2D eigenvalue weighted by atomic mass is 10.1. The Morgan fingerprint density at radius 3 is 2.82 bits per heavy atom. The summed E-state index contributed by atoms with van der Waals surface area (Å²) in [6.45, 7) is 7.05. The summed E-state index contributed by atoms with van der Waals surface area (Å²) in [5.74, 6) is -0.535. The molecule has 4 rings (SSSR count). The molecule has 0 unspecified atom stereocenters. The first-order chi connectivity index (χ1) is 13.4. The topological polar surface area (TPSA) is 95.1 Å². The molecule has 0 aliphatic rings. The van der Waals surface area contributed by atoms with Crippen molar-refractivity contribution >= 4 is 39.5 Å². The van der Waals surface area contributed by atoms with Gasteiger partial charge in [0.1, 0.15) is 23.5 Å². The molecular weight excluding hydrogens is 361 g/mol. The number of carbonyl (C=O) groups is 1. The maximum atomic E-state index is 14.1. The van der Waals surface area contributed by atoms with Crippen LogP contribution in [0, 0.1) is 12.4 Å². The predicted molar refractivity (Wildman–Crippen MR) is 104 cm³/mol. The Kier molecular flexibility index (Phi) is 3.96. The van der Waals surface area contributed by atoms with Crippen molar-refractivity contribution in [2.75, 3.05) is 12.4 Å². The van der Waals surface area contributed by atoms with Crippen molar-refractivity contribution in [3.05, 3.63) is 47.8 Å².